The molecule has 0 spiro atoms. The van der Waals surface area contributed by atoms with E-state index in [1.807, 2.05) is 49.2 Å². The van der Waals surface area contributed by atoms with Crippen molar-refractivity contribution in [3.8, 4) is 0 Å². The van der Waals surface area contributed by atoms with Gasteiger partial charge in [-0.2, -0.15) is 0 Å². The molecule has 1 aliphatic heterocycles. The number of hydrogen-bond acceptors (Lipinski definition) is 6. The molecule has 1 fully saturated rings. The van der Waals surface area contributed by atoms with Gasteiger partial charge in [-0.1, -0.05) is 48.0 Å². The van der Waals surface area contributed by atoms with E-state index in [1.165, 1.54) is 0 Å². The SMILES string of the molecule is Cc1ccc(S(=O)(=O)NC[C@H]2O[C@@H](CO)[C@@H](O)[C@H]2N(C)Cc2ccccc2)cc1.Cl. The summed E-state index contributed by atoms with van der Waals surface area (Å²) in [5.74, 6) is 0. The van der Waals surface area contributed by atoms with Crippen molar-refractivity contribution in [1.29, 1.82) is 0 Å². The molecule has 0 aromatic heterocycles. The number of ether oxygens (including phenoxy) is 1. The van der Waals surface area contributed by atoms with Crippen LogP contribution in [0.15, 0.2) is 59.5 Å². The standard InChI is InChI=1S/C21H28N2O5S.ClH/c1-15-8-10-17(11-9-15)29(26,27)22-12-18-20(21(25)19(14-24)28-18)23(2)13-16-6-4-3-5-7-16;/h3-11,18-22,24-25H,12-14H2,1-2H3;1H/t18-,19+,20+,21-;/m1./s1. The van der Waals surface area contributed by atoms with Gasteiger partial charge in [0, 0.05) is 13.1 Å². The van der Waals surface area contributed by atoms with Crippen molar-refractivity contribution in [2.24, 2.45) is 0 Å². The monoisotopic (exact) mass is 456 g/mol. The third-order valence-electron chi connectivity index (χ3n) is 5.23. The lowest BCUT2D eigenvalue weighted by atomic mass is 10.0. The number of sulfonamides is 1. The van der Waals surface area contributed by atoms with Gasteiger partial charge < -0.3 is 14.9 Å². The average molecular weight is 457 g/mol. The molecule has 166 valence electrons. The number of aryl methyl sites for hydroxylation is 1. The minimum atomic E-state index is -3.71. The molecule has 4 atom stereocenters. The first-order valence-electron chi connectivity index (χ1n) is 9.56. The molecule has 7 nitrogen and oxygen atoms in total. The predicted molar refractivity (Wildman–Crippen MR) is 117 cm³/mol. The highest BCUT2D eigenvalue weighted by atomic mass is 35.5. The number of benzene rings is 2. The fourth-order valence-corrected chi connectivity index (χ4v) is 4.70. The topological polar surface area (TPSA) is 99.1 Å². The lowest BCUT2D eigenvalue weighted by Gasteiger charge is -2.30. The molecular weight excluding hydrogens is 428 g/mol. The van der Waals surface area contributed by atoms with E-state index in [4.69, 9.17) is 4.74 Å². The maximum atomic E-state index is 12.6. The second-order valence-corrected chi connectivity index (χ2v) is 9.21. The van der Waals surface area contributed by atoms with Crippen LogP contribution in [-0.2, 0) is 21.3 Å². The summed E-state index contributed by atoms with van der Waals surface area (Å²) >= 11 is 0. The van der Waals surface area contributed by atoms with Crippen molar-refractivity contribution in [1.82, 2.24) is 9.62 Å². The third-order valence-corrected chi connectivity index (χ3v) is 6.67. The molecule has 1 saturated heterocycles. The number of hydrogen-bond donors (Lipinski definition) is 3. The van der Waals surface area contributed by atoms with Gasteiger partial charge in [0.25, 0.3) is 0 Å². The van der Waals surface area contributed by atoms with E-state index in [0.717, 1.165) is 11.1 Å². The summed E-state index contributed by atoms with van der Waals surface area (Å²) in [7, 11) is -1.85. The van der Waals surface area contributed by atoms with Crippen LogP contribution >= 0.6 is 12.4 Å². The van der Waals surface area contributed by atoms with Gasteiger partial charge in [0.1, 0.15) is 12.2 Å². The van der Waals surface area contributed by atoms with Gasteiger partial charge >= 0.3 is 0 Å². The molecule has 0 aliphatic carbocycles. The highest BCUT2D eigenvalue weighted by molar-refractivity contribution is 7.89. The van der Waals surface area contributed by atoms with Crippen LogP contribution in [0.1, 0.15) is 11.1 Å². The molecule has 2 aromatic rings. The van der Waals surface area contributed by atoms with Crippen molar-refractivity contribution in [3.63, 3.8) is 0 Å². The quantitative estimate of drug-likeness (QED) is 0.554. The molecule has 1 heterocycles. The Hall–Kier alpha value is -1.52. The first kappa shape index (κ1) is 24.7. The lowest BCUT2D eigenvalue weighted by molar-refractivity contribution is -0.0201. The van der Waals surface area contributed by atoms with Crippen LogP contribution in [-0.4, -0.2) is 68.1 Å². The normalized spacial score (nSPS) is 24.0. The highest BCUT2D eigenvalue weighted by Crippen LogP contribution is 2.26. The van der Waals surface area contributed by atoms with Crippen molar-refractivity contribution in [2.45, 2.75) is 42.7 Å². The minimum absolute atomic E-state index is 0. The Morgan fingerprint density at radius 1 is 1.07 bits per heavy atom. The first-order chi connectivity index (χ1) is 13.8. The van der Waals surface area contributed by atoms with E-state index in [1.54, 1.807) is 24.3 Å². The van der Waals surface area contributed by atoms with E-state index in [9.17, 15) is 18.6 Å². The van der Waals surface area contributed by atoms with E-state index < -0.39 is 34.4 Å². The van der Waals surface area contributed by atoms with Crippen molar-refractivity contribution >= 4 is 22.4 Å². The number of halogens is 1. The van der Waals surface area contributed by atoms with E-state index in [-0.39, 0.29) is 30.5 Å². The van der Waals surface area contributed by atoms with Gasteiger partial charge in [-0.05, 0) is 31.7 Å². The van der Waals surface area contributed by atoms with E-state index in [0.29, 0.717) is 6.54 Å². The van der Waals surface area contributed by atoms with Crippen LogP contribution in [0, 0.1) is 6.92 Å². The summed E-state index contributed by atoms with van der Waals surface area (Å²) in [6.45, 7) is 2.11. The predicted octanol–water partition coefficient (Wildman–Crippen LogP) is 1.32. The molecule has 0 amide bonds. The number of nitrogens with one attached hydrogen (secondary N) is 1. The van der Waals surface area contributed by atoms with Gasteiger partial charge in [0.15, 0.2) is 0 Å². The molecule has 0 saturated carbocycles. The minimum Gasteiger partial charge on any atom is -0.394 e. The summed E-state index contributed by atoms with van der Waals surface area (Å²) in [6.07, 6.45) is -2.29. The molecule has 1 aliphatic rings. The Balaban J connectivity index is 0.00000320. The second kappa shape index (κ2) is 10.7. The first-order valence-corrected chi connectivity index (χ1v) is 11.0. The Labute approximate surface area is 184 Å². The molecule has 3 rings (SSSR count). The van der Waals surface area contributed by atoms with E-state index in [2.05, 4.69) is 4.72 Å². The summed E-state index contributed by atoms with van der Waals surface area (Å²) < 4.78 is 33.6. The van der Waals surface area contributed by atoms with Crippen LogP contribution < -0.4 is 4.72 Å². The molecule has 0 radical (unpaired) electrons. The fourth-order valence-electron chi connectivity index (χ4n) is 3.66. The molecule has 0 unspecified atom stereocenters. The Morgan fingerprint density at radius 3 is 2.30 bits per heavy atom. The number of rotatable bonds is 8. The van der Waals surface area contributed by atoms with Crippen molar-refractivity contribution in [2.75, 3.05) is 20.2 Å². The maximum absolute atomic E-state index is 12.6. The summed E-state index contributed by atoms with van der Waals surface area (Å²) in [5.41, 5.74) is 2.04. The van der Waals surface area contributed by atoms with E-state index >= 15 is 0 Å². The second-order valence-electron chi connectivity index (χ2n) is 7.44. The largest absolute Gasteiger partial charge is 0.394 e. The number of nitrogens with zero attached hydrogens (tertiary/aromatic N) is 1. The average Bonchev–Trinajstić information content (AvgIpc) is 3.03. The smallest absolute Gasteiger partial charge is 0.240 e. The van der Waals surface area contributed by atoms with Crippen LogP contribution in [0.2, 0.25) is 0 Å². The van der Waals surface area contributed by atoms with Crippen LogP contribution in [0.3, 0.4) is 0 Å². The zero-order valence-corrected chi connectivity index (χ0v) is 18.6. The number of likely N-dealkylation sites (N-methyl/N-ethyl adjacent to an activating group) is 1. The lowest BCUT2D eigenvalue weighted by Crippen LogP contribution is -2.49. The molecular formula is C21H29ClN2O5S. The van der Waals surface area contributed by atoms with Gasteiger partial charge in [-0.3, -0.25) is 4.90 Å². The van der Waals surface area contributed by atoms with Crippen LogP contribution in [0.25, 0.3) is 0 Å². The summed E-state index contributed by atoms with van der Waals surface area (Å²) in [6, 6.07) is 15.9. The van der Waals surface area contributed by atoms with Crippen LogP contribution in [0.5, 0.6) is 0 Å². The Kier molecular flexibility index (Phi) is 8.81. The van der Waals surface area contributed by atoms with Crippen molar-refractivity contribution < 1.29 is 23.4 Å². The Bertz CT molecular complexity index is 895. The van der Waals surface area contributed by atoms with Gasteiger partial charge in [0.2, 0.25) is 10.0 Å². The number of aliphatic hydroxyl groups is 2. The highest BCUT2D eigenvalue weighted by Gasteiger charge is 2.45. The van der Waals surface area contributed by atoms with Gasteiger partial charge in [-0.15, -0.1) is 12.4 Å². The molecule has 2 aromatic carbocycles. The maximum Gasteiger partial charge on any atom is 0.240 e. The molecule has 3 N–H and O–H groups in total. The molecule has 0 bridgehead atoms. The Morgan fingerprint density at radius 2 is 1.70 bits per heavy atom. The molecule has 9 heteroatoms. The van der Waals surface area contributed by atoms with Gasteiger partial charge in [0.05, 0.1) is 23.6 Å². The van der Waals surface area contributed by atoms with Crippen LogP contribution in [0.4, 0.5) is 0 Å². The third kappa shape index (κ3) is 5.79. The zero-order valence-electron chi connectivity index (χ0n) is 17.0. The summed E-state index contributed by atoms with van der Waals surface area (Å²) in [4.78, 5) is 2.11. The van der Waals surface area contributed by atoms with Gasteiger partial charge in [-0.25, -0.2) is 13.1 Å². The number of aliphatic hydroxyl groups excluding tert-OH is 2. The fraction of sp³-hybridized carbons (Fsp3) is 0.429. The van der Waals surface area contributed by atoms with Crippen molar-refractivity contribution in [3.05, 3.63) is 65.7 Å². The molecule has 30 heavy (non-hydrogen) atoms. The summed E-state index contributed by atoms with van der Waals surface area (Å²) in [5, 5.41) is 20.2. The zero-order chi connectivity index (χ0) is 21.0.